The van der Waals surface area contributed by atoms with Gasteiger partial charge in [-0.2, -0.15) is 23.5 Å². The van der Waals surface area contributed by atoms with Crippen LogP contribution < -0.4 is 5.32 Å². The molecule has 2 aliphatic heterocycles. The third kappa shape index (κ3) is 4.13. The molecular weight excluding hydrogens is 298 g/mol. The fraction of sp³-hybridized carbons (Fsp3) is 1.00. The van der Waals surface area contributed by atoms with Crippen LogP contribution in [-0.4, -0.2) is 47.3 Å². The Hall–Kier alpha value is 0.620. The highest BCUT2D eigenvalue weighted by Gasteiger charge is 2.42. The zero-order chi connectivity index (χ0) is 14.5. The first kappa shape index (κ1) is 16.5. The molecule has 1 saturated carbocycles. The van der Waals surface area contributed by atoms with Crippen LogP contribution in [0.3, 0.4) is 0 Å². The summed E-state index contributed by atoms with van der Waals surface area (Å²) in [5.41, 5.74) is 0.251. The summed E-state index contributed by atoms with van der Waals surface area (Å²) in [4.78, 5) is 0. The van der Waals surface area contributed by atoms with Crippen molar-refractivity contribution in [2.75, 3.05) is 30.4 Å². The summed E-state index contributed by atoms with van der Waals surface area (Å²) in [6.45, 7) is 4.37. The van der Waals surface area contributed by atoms with Crippen LogP contribution in [0.1, 0.15) is 51.9 Å². The van der Waals surface area contributed by atoms with Crippen LogP contribution in [0.2, 0.25) is 0 Å². The van der Waals surface area contributed by atoms with E-state index in [0.29, 0.717) is 6.04 Å². The zero-order valence-corrected chi connectivity index (χ0v) is 15.1. The Morgan fingerprint density at radius 3 is 2.81 bits per heavy atom. The standard InChI is InChI=1S/C17H31NOS2/c1-2-18-16(15-13-20-10-11-21-15)14-6-9-19-17(12-14)7-4-3-5-8-17/h14-16,18H,2-13H2,1H3. The first-order chi connectivity index (χ1) is 10.3. The first-order valence-electron chi connectivity index (χ1n) is 8.90. The molecule has 21 heavy (non-hydrogen) atoms. The van der Waals surface area contributed by atoms with E-state index in [4.69, 9.17) is 4.74 Å². The number of hydrogen-bond acceptors (Lipinski definition) is 4. The second-order valence-electron chi connectivity index (χ2n) is 6.91. The molecule has 1 aliphatic carbocycles. The fourth-order valence-corrected chi connectivity index (χ4v) is 7.43. The SMILES string of the molecule is CCNC(C1CCOC2(CCCCC2)C1)C1CSCCS1. The topological polar surface area (TPSA) is 21.3 Å². The van der Waals surface area contributed by atoms with E-state index in [1.807, 2.05) is 0 Å². The van der Waals surface area contributed by atoms with Crippen molar-refractivity contribution < 1.29 is 4.74 Å². The summed E-state index contributed by atoms with van der Waals surface area (Å²) in [5, 5.41) is 4.67. The molecule has 0 bridgehead atoms. The fourth-order valence-electron chi connectivity index (χ4n) is 4.47. The molecule has 1 N–H and O–H groups in total. The largest absolute Gasteiger partial charge is 0.375 e. The van der Waals surface area contributed by atoms with E-state index in [2.05, 4.69) is 35.8 Å². The van der Waals surface area contributed by atoms with Crippen LogP contribution in [-0.2, 0) is 4.74 Å². The number of hydrogen-bond donors (Lipinski definition) is 1. The van der Waals surface area contributed by atoms with Crippen LogP contribution in [0.4, 0.5) is 0 Å². The van der Waals surface area contributed by atoms with Gasteiger partial charge in [-0.05, 0) is 38.1 Å². The van der Waals surface area contributed by atoms with E-state index in [-0.39, 0.29) is 5.60 Å². The molecule has 0 aromatic heterocycles. The van der Waals surface area contributed by atoms with Gasteiger partial charge in [-0.25, -0.2) is 0 Å². The Morgan fingerprint density at radius 1 is 1.24 bits per heavy atom. The van der Waals surface area contributed by atoms with E-state index in [1.165, 1.54) is 62.2 Å². The van der Waals surface area contributed by atoms with Gasteiger partial charge in [-0.15, -0.1) is 0 Å². The van der Waals surface area contributed by atoms with Crippen LogP contribution in [0.25, 0.3) is 0 Å². The van der Waals surface area contributed by atoms with Gasteiger partial charge in [0, 0.05) is 35.2 Å². The molecule has 3 rings (SSSR count). The monoisotopic (exact) mass is 329 g/mol. The van der Waals surface area contributed by atoms with Gasteiger partial charge in [0.05, 0.1) is 5.60 Å². The Labute approximate surface area is 138 Å². The quantitative estimate of drug-likeness (QED) is 0.843. The molecule has 4 heteroatoms. The maximum atomic E-state index is 6.31. The van der Waals surface area contributed by atoms with Gasteiger partial charge in [0.2, 0.25) is 0 Å². The van der Waals surface area contributed by atoms with E-state index < -0.39 is 0 Å². The maximum absolute atomic E-state index is 6.31. The summed E-state index contributed by atoms with van der Waals surface area (Å²) < 4.78 is 6.31. The van der Waals surface area contributed by atoms with Crippen molar-refractivity contribution >= 4 is 23.5 Å². The van der Waals surface area contributed by atoms with Crippen molar-refractivity contribution in [2.45, 2.75) is 68.8 Å². The van der Waals surface area contributed by atoms with Gasteiger partial charge in [0.25, 0.3) is 0 Å². The van der Waals surface area contributed by atoms with Gasteiger partial charge >= 0.3 is 0 Å². The van der Waals surface area contributed by atoms with Crippen molar-refractivity contribution in [3.05, 3.63) is 0 Å². The van der Waals surface area contributed by atoms with Crippen LogP contribution in [0.5, 0.6) is 0 Å². The van der Waals surface area contributed by atoms with E-state index in [1.54, 1.807) is 0 Å². The Bertz CT molecular complexity index is 308. The molecule has 3 atom stereocenters. The molecule has 0 aromatic carbocycles. The van der Waals surface area contributed by atoms with Gasteiger partial charge in [-0.1, -0.05) is 26.2 Å². The summed E-state index contributed by atoms with van der Waals surface area (Å²) in [6, 6.07) is 0.704. The van der Waals surface area contributed by atoms with E-state index in [9.17, 15) is 0 Å². The average Bonchev–Trinajstić information content (AvgIpc) is 2.54. The number of ether oxygens (including phenoxy) is 1. The lowest BCUT2D eigenvalue weighted by Gasteiger charge is -2.47. The molecule has 3 aliphatic rings. The van der Waals surface area contributed by atoms with E-state index in [0.717, 1.165) is 24.3 Å². The average molecular weight is 330 g/mol. The number of nitrogens with one attached hydrogen (secondary N) is 1. The predicted octanol–water partition coefficient (Wildman–Crippen LogP) is 3.94. The van der Waals surface area contributed by atoms with Gasteiger partial charge in [0.15, 0.2) is 0 Å². The summed E-state index contributed by atoms with van der Waals surface area (Å²) in [7, 11) is 0. The minimum atomic E-state index is 0.251. The Kier molecular flexibility index (Phi) is 6.23. The predicted molar refractivity (Wildman–Crippen MR) is 95.5 cm³/mol. The lowest BCUT2D eigenvalue weighted by Crippen LogP contribution is -2.52. The van der Waals surface area contributed by atoms with Gasteiger partial charge in [0.1, 0.15) is 0 Å². The molecule has 2 nitrogen and oxygen atoms in total. The maximum Gasteiger partial charge on any atom is 0.0685 e. The highest BCUT2D eigenvalue weighted by atomic mass is 32.2. The van der Waals surface area contributed by atoms with Crippen LogP contribution in [0, 0.1) is 5.92 Å². The van der Waals surface area contributed by atoms with Crippen molar-refractivity contribution in [3.63, 3.8) is 0 Å². The van der Waals surface area contributed by atoms with Crippen molar-refractivity contribution in [3.8, 4) is 0 Å². The number of thioether (sulfide) groups is 2. The summed E-state index contributed by atoms with van der Waals surface area (Å²) in [5.74, 6) is 4.85. The zero-order valence-electron chi connectivity index (χ0n) is 13.4. The molecule has 0 aromatic rings. The third-order valence-electron chi connectivity index (χ3n) is 5.49. The molecule has 0 radical (unpaired) electrons. The van der Waals surface area contributed by atoms with E-state index >= 15 is 0 Å². The molecular formula is C17H31NOS2. The van der Waals surface area contributed by atoms with Crippen molar-refractivity contribution in [2.24, 2.45) is 5.92 Å². The molecule has 2 heterocycles. The molecule has 2 saturated heterocycles. The third-order valence-corrected chi connectivity index (χ3v) is 8.37. The highest BCUT2D eigenvalue weighted by molar-refractivity contribution is 8.06. The Morgan fingerprint density at radius 2 is 2.10 bits per heavy atom. The van der Waals surface area contributed by atoms with Crippen LogP contribution in [0.15, 0.2) is 0 Å². The second kappa shape index (κ2) is 7.94. The molecule has 122 valence electrons. The first-order valence-corrected chi connectivity index (χ1v) is 11.1. The summed E-state index contributed by atoms with van der Waals surface area (Å²) in [6.07, 6.45) is 9.39. The number of rotatable bonds is 4. The molecule has 0 amide bonds. The molecule has 1 spiro atoms. The summed E-state index contributed by atoms with van der Waals surface area (Å²) >= 11 is 4.37. The van der Waals surface area contributed by atoms with Crippen molar-refractivity contribution in [1.29, 1.82) is 0 Å². The smallest absolute Gasteiger partial charge is 0.0685 e. The van der Waals surface area contributed by atoms with Crippen molar-refractivity contribution in [1.82, 2.24) is 5.32 Å². The lowest BCUT2D eigenvalue weighted by atomic mass is 9.73. The molecule has 3 unspecified atom stereocenters. The van der Waals surface area contributed by atoms with Crippen LogP contribution >= 0.6 is 23.5 Å². The highest BCUT2D eigenvalue weighted by Crippen LogP contribution is 2.43. The Balaban J connectivity index is 1.66. The minimum Gasteiger partial charge on any atom is -0.375 e. The minimum absolute atomic E-state index is 0.251. The van der Waals surface area contributed by atoms with Gasteiger partial charge in [-0.3, -0.25) is 0 Å². The molecule has 3 fully saturated rings. The lowest BCUT2D eigenvalue weighted by molar-refractivity contribution is -0.121. The van der Waals surface area contributed by atoms with Gasteiger partial charge < -0.3 is 10.1 Å². The normalized spacial score (nSPS) is 34.7. The second-order valence-corrected chi connectivity index (χ2v) is 9.41.